The lowest BCUT2D eigenvalue weighted by atomic mass is 10.8. The smallest absolute Gasteiger partial charge is 0.0432 e. The Bertz CT molecular complexity index is 87.0. The number of nitrogens with zero attached hydrogens (tertiary/aromatic N) is 2. The first-order valence-corrected chi connectivity index (χ1v) is 1.61. The van der Waals surface area contributed by atoms with Crippen molar-refractivity contribution in [3.63, 3.8) is 0 Å². The van der Waals surface area contributed by atoms with Crippen molar-refractivity contribution in [1.82, 2.24) is 5.53 Å². The molecule has 0 aliphatic carbocycles. The molecule has 1 aliphatic heterocycles. The summed E-state index contributed by atoms with van der Waals surface area (Å²) in [5.41, 5.74) is 2.17. The van der Waals surface area contributed by atoms with E-state index in [1.54, 1.807) is 0 Å². The van der Waals surface area contributed by atoms with Gasteiger partial charge in [-0.3, -0.25) is 0 Å². The van der Waals surface area contributed by atoms with Gasteiger partial charge in [-0.05, 0) is 10.4 Å². The van der Waals surface area contributed by atoms with Gasteiger partial charge in [0.15, 0.2) is 6.21 Å². The van der Waals surface area contributed by atoms with Crippen LogP contribution in [0.5, 0.6) is 0 Å². The van der Waals surface area contributed by atoms with Crippen LogP contribution in [-0.4, -0.2) is 17.6 Å². The monoisotopic (exact) mass is 86.0 g/mol. The van der Waals surface area contributed by atoms with Gasteiger partial charge in [0.1, 0.15) is 0 Å². The third-order valence-corrected chi connectivity index (χ3v) is 0.508. The molecule has 0 atom stereocenters. The van der Waals surface area contributed by atoms with Crippen molar-refractivity contribution in [3.8, 4) is 0 Å². The number of hydrogen-bond acceptors (Lipinski definition) is 2. The van der Waals surface area contributed by atoms with Gasteiger partial charge in [0.05, 0.1) is 4.87 Å². The summed E-state index contributed by atoms with van der Waals surface area (Å²) in [6, 6.07) is 0. The topological polar surface area (TPSA) is 44.5 Å². The van der Waals surface area contributed by atoms with Crippen LogP contribution in [0.25, 0.3) is 0 Å². The van der Waals surface area contributed by atoms with Crippen molar-refractivity contribution in [2.75, 3.05) is 6.54 Å². The lowest BCUT2D eigenvalue weighted by molar-refractivity contribution is -0.585. The van der Waals surface area contributed by atoms with Gasteiger partial charge in [0, 0.05) is 5.10 Å². The van der Waals surface area contributed by atoms with E-state index in [-0.39, 0.29) is 0 Å². The predicted octanol–water partition coefficient (Wildman–Crippen LogP) is -0.731. The van der Waals surface area contributed by atoms with E-state index < -0.39 is 0 Å². The van der Waals surface area contributed by atoms with Crippen LogP contribution in [0.4, 0.5) is 0 Å². The zero-order valence-corrected chi connectivity index (χ0v) is 3.09. The molecule has 1 N–H and O–H groups in total. The molecule has 1 heterocycles. The molecule has 4 heteroatoms. The zero-order chi connectivity index (χ0) is 4.41. The van der Waals surface area contributed by atoms with Crippen molar-refractivity contribution in [2.45, 2.75) is 0 Å². The van der Waals surface area contributed by atoms with E-state index in [9.17, 15) is 4.91 Å². The summed E-state index contributed by atoms with van der Waals surface area (Å²) in [6.45, 7) is 0.361. The van der Waals surface area contributed by atoms with Crippen molar-refractivity contribution in [3.05, 3.63) is 4.91 Å². The molecule has 32 valence electrons. The fourth-order valence-electron chi connectivity index (χ4n) is 0.261. The molecule has 0 saturated heterocycles. The first kappa shape index (κ1) is 3.27. The zero-order valence-electron chi connectivity index (χ0n) is 3.09. The second kappa shape index (κ2) is 1.04. The Balaban J connectivity index is 2.52. The Hall–Kier alpha value is -0.930. The first-order chi connectivity index (χ1) is 2.89. The summed E-state index contributed by atoms with van der Waals surface area (Å²) >= 11 is 0. The molecular weight excluding hydrogens is 82.0 g/mol. The molecule has 1 rings (SSSR count). The van der Waals surface area contributed by atoms with Gasteiger partial charge in [0.2, 0.25) is 6.54 Å². The molecule has 0 amide bonds. The lowest BCUT2D eigenvalue weighted by Gasteiger charge is -1.70. The summed E-state index contributed by atoms with van der Waals surface area (Å²) in [5.74, 6) is 0. The molecule has 1 aliphatic rings. The summed E-state index contributed by atoms with van der Waals surface area (Å²) < 4.78 is 0. The maximum Gasteiger partial charge on any atom is 0.216 e. The minimum Gasteiger partial charge on any atom is -0.0432 e. The van der Waals surface area contributed by atoms with Crippen LogP contribution >= 0.6 is 0 Å². The molecule has 0 bridgehead atoms. The molecule has 0 aromatic heterocycles. The predicted molar refractivity (Wildman–Crippen MR) is 20.1 cm³/mol. The van der Waals surface area contributed by atoms with E-state index in [4.69, 9.17) is 0 Å². The number of hydrogen-bond donors (Lipinski definition) is 1. The molecule has 0 fully saturated rings. The van der Waals surface area contributed by atoms with Gasteiger partial charge >= 0.3 is 0 Å². The molecule has 0 saturated carbocycles. The average molecular weight is 86.1 g/mol. The second-order valence-corrected chi connectivity index (χ2v) is 0.973. The van der Waals surface area contributed by atoms with Crippen LogP contribution in [-0.2, 0) is 0 Å². The molecule has 0 spiro atoms. The van der Waals surface area contributed by atoms with Gasteiger partial charge in [-0.25, -0.2) is 0 Å². The van der Waals surface area contributed by atoms with E-state index in [2.05, 4.69) is 10.6 Å². The third kappa shape index (κ3) is 0.357. The largest absolute Gasteiger partial charge is 0.216 e. The van der Waals surface area contributed by atoms with Gasteiger partial charge in [-0.1, -0.05) is 0 Å². The SMILES string of the molecule is O=[N+]1CC=NN1. The van der Waals surface area contributed by atoms with Crippen molar-refractivity contribution >= 4 is 6.21 Å². The molecule has 4 nitrogen and oxygen atoms in total. The summed E-state index contributed by atoms with van der Waals surface area (Å²) in [4.78, 5) is 10.6. The maximum absolute atomic E-state index is 9.92. The number of hydrazone groups is 1. The molecular formula is C2H4N3O+. The van der Waals surface area contributed by atoms with Crippen molar-refractivity contribution < 1.29 is 4.87 Å². The Kier molecular flexibility index (Phi) is 0.567. The molecule has 6 heavy (non-hydrogen) atoms. The summed E-state index contributed by atoms with van der Waals surface area (Å²) in [6.07, 6.45) is 1.51. The van der Waals surface area contributed by atoms with Crippen LogP contribution in [0.15, 0.2) is 5.10 Å². The normalized spacial score (nSPS) is 18.3. The number of rotatable bonds is 0. The average Bonchev–Trinajstić information content (AvgIpc) is 1.86. The fourth-order valence-corrected chi connectivity index (χ4v) is 0.261. The minimum atomic E-state index is 0.361. The van der Waals surface area contributed by atoms with Crippen molar-refractivity contribution in [2.24, 2.45) is 5.10 Å². The minimum absolute atomic E-state index is 0.361. The van der Waals surface area contributed by atoms with E-state index in [0.29, 0.717) is 11.4 Å². The van der Waals surface area contributed by atoms with Crippen LogP contribution in [0.1, 0.15) is 0 Å². The number of hydrazine groups is 1. The van der Waals surface area contributed by atoms with Crippen molar-refractivity contribution in [1.29, 1.82) is 0 Å². The molecule has 0 radical (unpaired) electrons. The van der Waals surface area contributed by atoms with Gasteiger partial charge in [-0.2, -0.15) is 0 Å². The Morgan fingerprint density at radius 1 is 2.00 bits per heavy atom. The fraction of sp³-hybridized carbons (Fsp3) is 0.500. The highest BCUT2D eigenvalue weighted by molar-refractivity contribution is 5.58. The van der Waals surface area contributed by atoms with Crippen LogP contribution in [0.2, 0.25) is 0 Å². The van der Waals surface area contributed by atoms with Gasteiger partial charge in [-0.15, -0.1) is 0 Å². The highest BCUT2D eigenvalue weighted by atomic mass is 16.3. The Morgan fingerprint density at radius 3 is 3.00 bits per heavy atom. The quantitative estimate of drug-likeness (QED) is 0.395. The summed E-state index contributed by atoms with van der Waals surface area (Å²) in [5, 5.41) is 3.40. The van der Waals surface area contributed by atoms with E-state index in [0.717, 1.165) is 0 Å². The van der Waals surface area contributed by atoms with Crippen LogP contribution < -0.4 is 5.53 Å². The van der Waals surface area contributed by atoms with Gasteiger partial charge in [0.25, 0.3) is 0 Å². The number of nitrogens with one attached hydrogen (secondary N) is 1. The lowest BCUT2D eigenvalue weighted by Crippen LogP contribution is -2.13. The van der Waals surface area contributed by atoms with Gasteiger partial charge < -0.3 is 0 Å². The van der Waals surface area contributed by atoms with E-state index >= 15 is 0 Å². The number of nitroso groups, excluding NO2 is 1. The molecule has 0 aromatic rings. The van der Waals surface area contributed by atoms with E-state index in [1.165, 1.54) is 6.21 Å². The molecule has 0 unspecified atom stereocenters. The van der Waals surface area contributed by atoms with Crippen LogP contribution in [0, 0.1) is 4.91 Å². The molecule has 0 aromatic carbocycles. The highest BCUT2D eigenvalue weighted by Gasteiger charge is 2.06. The first-order valence-electron chi connectivity index (χ1n) is 1.61. The van der Waals surface area contributed by atoms with E-state index in [1.807, 2.05) is 0 Å². The Labute approximate surface area is 34.4 Å². The van der Waals surface area contributed by atoms with Crippen LogP contribution in [0.3, 0.4) is 0 Å². The standard InChI is InChI=1S/C2H4N3O/c6-5-2-1-3-4-5/h1H,2H2,(H,4,6)/q+1. The maximum atomic E-state index is 9.92. The second-order valence-electron chi connectivity index (χ2n) is 0.973. The summed E-state index contributed by atoms with van der Waals surface area (Å²) in [7, 11) is 0. The Morgan fingerprint density at radius 2 is 2.83 bits per heavy atom. The highest BCUT2D eigenvalue weighted by Crippen LogP contribution is 1.70. The third-order valence-electron chi connectivity index (χ3n) is 0.508.